The Morgan fingerprint density at radius 3 is 2.67 bits per heavy atom. The number of nitrogens with one attached hydrogen (secondary N) is 1. The third-order valence-electron chi connectivity index (χ3n) is 2.28. The van der Waals surface area contributed by atoms with Gasteiger partial charge in [-0.05, 0) is 12.3 Å². The van der Waals surface area contributed by atoms with Gasteiger partial charge < -0.3 is 10.4 Å². The van der Waals surface area contributed by atoms with Gasteiger partial charge in [0.1, 0.15) is 5.01 Å². The number of nitrogens with zero attached hydrogens (tertiary/aromatic N) is 1. The van der Waals surface area contributed by atoms with Gasteiger partial charge in [0.2, 0.25) is 0 Å². The molecule has 0 saturated carbocycles. The molecule has 0 radical (unpaired) electrons. The topological polar surface area (TPSA) is 45.1 Å². The first-order valence-corrected chi connectivity index (χ1v) is 6.07. The molecule has 0 amide bonds. The SMILES string of the molecule is Cc1csc(CNCC(O)C(C)(C)C)n1. The lowest BCUT2D eigenvalue weighted by molar-refractivity contribution is 0.0627. The quantitative estimate of drug-likeness (QED) is 0.828. The average Bonchev–Trinajstić information content (AvgIpc) is 2.49. The maximum absolute atomic E-state index is 9.79. The van der Waals surface area contributed by atoms with Gasteiger partial charge in [0.25, 0.3) is 0 Å². The van der Waals surface area contributed by atoms with Crippen LogP contribution < -0.4 is 5.32 Å². The molecule has 0 spiro atoms. The molecule has 0 aliphatic rings. The number of rotatable bonds is 4. The van der Waals surface area contributed by atoms with Crippen molar-refractivity contribution >= 4 is 11.3 Å². The zero-order valence-corrected chi connectivity index (χ0v) is 10.7. The summed E-state index contributed by atoms with van der Waals surface area (Å²) in [6.45, 7) is 9.45. The van der Waals surface area contributed by atoms with E-state index in [9.17, 15) is 5.11 Å². The van der Waals surface area contributed by atoms with Crippen molar-refractivity contribution in [3.8, 4) is 0 Å². The van der Waals surface area contributed by atoms with E-state index in [4.69, 9.17) is 0 Å². The molecule has 15 heavy (non-hydrogen) atoms. The molecule has 0 aliphatic heterocycles. The van der Waals surface area contributed by atoms with Gasteiger partial charge in [0, 0.05) is 24.2 Å². The van der Waals surface area contributed by atoms with E-state index in [2.05, 4.69) is 10.3 Å². The van der Waals surface area contributed by atoms with Gasteiger partial charge in [-0.1, -0.05) is 20.8 Å². The summed E-state index contributed by atoms with van der Waals surface area (Å²) in [7, 11) is 0. The van der Waals surface area contributed by atoms with Gasteiger partial charge in [-0.3, -0.25) is 0 Å². The lowest BCUT2D eigenvalue weighted by Crippen LogP contribution is -2.36. The first-order chi connectivity index (χ1) is 6.89. The van der Waals surface area contributed by atoms with Crippen molar-refractivity contribution in [3.05, 3.63) is 16.1 Å². The summed E-state index contributed by atoms with van der Waals surface area (Å²) in [5, 5.41) is 16.1. The molecule has 1 aromatic heterocycles. The van der Waals surface area contributed by atoms with Crippen LogP contribution in [-0.4, -0.2) is 22.7 Å². The van der Waals surface area contributed by atoms with Gasteiger partial charge in [-0.15, -0.1) is 11.3 Å². The number of aromatic nitrogens is 1. The van der Waals surface area contributed by atoms with E-state index >= 15 is 0 Å². The number of aryl methyl sites for hydroxylation is 1. The van der Waals surface area contributed by atoms with Gasteiger partial charge in [0.15, 0.2) is 0 Å². The van der Waals surface area contributed by atoms with E-state index in [1.54, 1.807) is 11.3 Å². The molecule has 86 valence electrons. The fourth-order valence-corrected chi connectivity index (χ4v) is 1.85. The van der Waals surface area contributed by atoms with Crippen LogP contribution in [0.1, 0.15) is 31.5 Å². The molecule has 0 bridgehead atoms. The highest BCUT2D eigenvalue weighted by molar-refractivity contribution is 7.09. The molecule has 3 nitrogen and oxygen atoms in total. The Balaban J connectivity index is 2.28. The Labute approximate surface area is 95.6 Å². The van der Waals surface area contributed by atoms with E-state index in [1.165, 1.54) is 0 Å². The molecule has 1 atom stereocenters. The van der Waals surface area contributed by atoms with Crippen LogP contribution in [-0.2, 0) is 6.54 Å². The molecular weight excluding hydrogens is 208 g/mol. The van der Waals surface area contributed by atoms with Crippen molar-refractivity contribution in [3.63, 3.8) is 0 Å². The predicted octanol–water partition coefficient (Wildman–Crippen LogP) is 1.95. The van der Waals surface area contributed by atoms with Crippen LogP contribution in [0.15, 0.2) is 5.38 Å². The van der Waals surface area contributed by atoms with Crippen LogP contribution in [0.2, 0.25) is 0 Å². The van der Waals surface area contributed by atoms with Gasteiger partial charge in [-0.2, -0.15) is 0 Å². The first kappa shape index (κ1) is 12.6. The molecule has 1 heterocycles. The minimum Gasteiger partial charge on any atom is -0.391 e. The van der Waals surface area contributed by atoms with Crippen LogP contribution in [0.4, 0.5) is 0 Å². The van der Waals surface area contributed by atoms with Gasteiger partial charge in [0.05, 0.1) is 6.10 Å². The highest BCUT2D eigenvalue weighted by Gasteiger charge is 2.21. The first-order valence-electron chi connectivity index (χ1n) is 5.19. The summed E-state index contributed by atoms with van der Waals surface area (Å²) < 4.78 is 0. The highest BCUT2D eigenvalue weighted by Crippen LogP contribution is 2.18. The van der Waals surface area contributed by atoms with Crippen molar-refractivity contribution in [2.75, 3.05) is 6.54 Å². The number of thiazole rings is 1. The summed E-state index contributed by atoms with van der Waals surface area (Å²) in [6, 6.07) is 0. The van der Waals surface area contributed by atoms with Gasteiger partial charge >= 0.3 is 0 Å². The summed E-state index contributed by atoms with van der Waals surface area (Å²) in [4.78, 5) is 4.34. The number of aliphatic hydroxyl groups is 1. The third kappa shape index (κ3) is 4.28. The fourth-order valence-electron chi connectivity index (χ4n) is 1.11. The van der Waals surface area contributed by atoms with Crippen molar-refractivity contribution in [1.29, 1.82) is 0 Å². The molecule has 1 unspecified atom stereocenters. The van der Waals surface area contributed by atoms with Crippen molar-refractivity contribution < 1.29 is 5.11 Å². The monoisotopic (exact) mass is 228 g/mol. The zero-order chi connectivity index (χ0) is 11.5. The van der Waals surface area contributed by atoms with Gasteiger partial charge in [-0.25, -0.2) is 4.98 Å². The summed E-state index contributed by atoms with van der Waals surface area (Å²) >= 11 is 1.65. The lowest BCUT2D eigenvalue weighted by Gasteiger charge is -2.25. The minimum atomic E-state index is -0.321. The Hall–Kier alpha value is -0.450. The fraction of sp³-hybridized carbons (Fsp3) is 0.727. The summed E-state index contributed by atoms with van der Waals surface area (Å²) in [5.74, 6) is 0. The smallest absolute Gasteiger partial charge is 0.107 e. The second-order valence-corrected chi connectivity index (χ2v) is 5.84. The standard InChI is InChI=1S/C11H20N2OS/c1-8-7-15-10(13-8)6-12-5-9(14)11(2,3)4/h7,9,12,14H,5-6H2,1-4H3. The molecular formula is C11H20N2OS. The molecule has 2 N–H and O–H groups in total. The van der Waals surface area contributed by atoms with Crippen molar-refractivity contribution in [1.82, 2.24) is 10.3 Å². The van der Waals surface area contributed by atoms with Crippen LogP contribution in [0.5, 0.6) is 0 Å². The molecule has 0 fully saturated rings. The largest absolute Gasteiger partial charge is 0.391 e. The number of hydrogen-bond donors (Lipinski definition) is 2. The van der Waals surface area contributed by atoms with Crippen LogP contribution >= 0.6 is 11.3 Å². The van der Waals surface area contributed by atoms with E-state index in [0.29, 0.717) is 6.54 Å². The third-order valence-corrected chi connectivity index (χ3v) is 3.25. The molecule has 0 aromatic carbocycles. The van der Waals surface area contributed by atoms with E-state index in [0.717, 1.165) is 17.2 Å². The van der Waals surface area contributed by atoms with E-state index in [1.807, 2.05) is 33.1 Å². The second kappa shape index (κ2) is 5.05. The van der Waals surface area contributed by atoms with Crippen molar-refractivity contribution in [2.24, 2.45) is 5.41 Å². The maximum Gasteiger partial charge on any atom is 0.107 e. The Morgan fingerprint density at radius 2 is 2.20 bits per heavy atom. The summed E-state index contributed by atoms with van der Waals surface area (Å²) in [6.07, 6.45) is -0.321. The molecule has 1 rings (SSSR count). The van der Waals surface area contributed by atoms with Crippen LogP contribution in [0.3, 0.4) is 0 Å². The Morgan fingerprint density at radius 1 is 1.53 bits per heavy atom. The summed E-state index contributed by atoms with van der Waals surface area (Å²) in [5.41, 5.74) is 0.999. The molecule has 0 saturated heterocycles. The highest BCUT2D eigenvalue weighted by atomic mass is 32.1. The van der Waals surface area contributed by atoms with Crippen molar-refractivity contribution in [2.45, 2.75) is 40.3 Å². The number of aliphatic hydroxyl groups excluding tert-OH is 1. The second-order valence-electron chi connectivity index (χ2n) is 4.90. The Bertz CT molecular complexity index is 304. The normalized spacial score (nSPS) is 14.2. The predicted molar refractivity (Wildman–Crippen MR) is 64.0 cm³/mol. The van der Waals surface area contributed by atoms with Crippen LogP contribution in [0, 0.1) is 12.3 Å². The average molecular weight is 228 g/mol. The molecule has 0 aliphatic carbocycles. The maximum atomic E-state index is 9.79. The lowest BCUT2D eigenvalue weighted by atomic mass is 9.89. The van der Waals surface area contributed by atoms with E-state index < -0.39 is 0 Å². The van der Waals surface area contributed by atoms with E-state index in [-0.39, 0.29) is 11.5 Å². The minimum absolute atomic E-state index is 0.0637. The van der Waals surface area contributed by atoms with Crippen LogP contribution in [0.25, 0.3) is 0 Å². The molecule has 4 heteroatoms. The number of hydrogen-bond acceptors (Lipinski definition) is 4. The zero-order valence-electron chi connectivity index (χ0n) is 9.87. The molecule has 1 aromatic rings. The Kier molecular flexibility index (Phi) is 4.25.